The number of nitrogens with one attached hydrogen (secondary N) is 2. The molecular weight excluding hydrogens is 228 g/mol. The zero-order valence-corrected chi connectivity index (χ0v) is 11.5. The van der Waals surface area contributed by atoms with Crippen LogP contribution in [0.1, 0.15) is 38.7 Å². The first-order valence-corrected chi connectivity index (χ1v) is 6.61. The van der Waals surface area contributed by atoms with Gasteiger partial charge in [0.05, 0.1) is 0 Å². The molecule has 1 rings (SSSR count). The third kappa shape index (κ3) is 4.14. The van der Waals surface area contributed by atoms with Crippen molar-refractivity contribution in [2.75, 3.05) is 24.3 Å². The molecule has 1 aromatic rings. The van der Waals surface area contributed by atoms with Gasteiger partial charge in [-0.3, -0.25) is 0 Å². The minimum absolute atomic E-state index is 0.235. The standard InChI is InChI=1S/C13H24N4O/c1-4-6-11-12(14-3)15-9-16-13(11)17-10(2)7-5-8-18/h9-10,18H,4-8H2,1-3H3,(H2,14,15,16,17). The summed E-state index contributed by atoms with van der Waals surface area (Å²) >= 11 is 0. The molecule has 5 heteroatoms. The molecule has 3 N–H and O–H groups in total. The molecule has 1 aromatic heterocycles. The maximum absolute atomic E-state index is 8.84. The number of hydrogen-bond acceptors (Lipinski definition) is 5. The van der Waals surface area contributed by atoms with Gasteiger partial charge in [0, 0.05) is 25.3 Å². The van der Waals surface area contributed by atoms with E-state index in [1.165, 1.54) is 0 Å². The SMILES string of the molecule is CCCc1c(NC)ncnc1NC(C)CCCO. The fraction of sp³-hybridized carbons (Fsp3) is 0.692. The lowest BCUT2D eigenvalue weighted by Crippen LogP contribution is -2.18. The van der Waals surface area contributed by atoms with E-state index in [1.807, 2.05) is 7.05 Å². The van der Waals surface area contributed by atoms with E-state index >= 15 is 0 Å². The minimum atomic E-state index is 0.235. The first-order valence-electron chi connectivity index (χ1n) is 6.61. The predicted octanol–water partition coefficient (Wildman–Crippen LogP) is 2.04. The average Bonchev–Trinajstić information content (AvgIpc) is 2.38. The maximum atomic E-state index is 8.84. The molecule has 0 aliphatic carbocycles. The molecule has 18 heavy (non-hydrogen) atoms. The molecule has 0 saturated carbocycles. The number of nitrogens with zero attached hydrogens (tertiary/aromatic N) is 2. The van der Waals surface area contributed by atoms with E-state index in [9.17, 15) is 0 Å². The molecule has 102 valence electrons. The van der Waals surface area contributed by atoms with Gasteiger partial charge in [-0.2, -0.15) is 0 Å². The van der Waals surface area contributed by atoms with Crippen LogP contribution in [0.25, 0.3) is 0 Å². The zero-order chi connectivity index (χ0) is 13.4. The predicted molar refractivity (Wildman–Crippen MR) is 75.0 cm³/mol. The molecular formula is C13H24N4O. The summed E-state index contributed by atoms with van der Waals surface area (Å²) in [4.78, 5) is 8.57. The van der Waals surface area contributed by atoms with Crippen LogP contribution >= 0.6 is 0 Å². The van der Waals surface area contributed by atoms with Crippen molar-refractivity contribution in [1.82, 2.24) is 9.97 Å². The van der Waals surface area contributed by atoms with Gasteiger partial charge in [-0.15, -0.1) is 0 Å². The Kier molecular flexibility index (Phi) is 6.43. The smallest absolute Gasteiger partial charge is 0.134 e. The first-order chi connectivity index (χ1) is 8.72. The highest BCUT2D eigenvalue weighted by Gasteiger charge is 2.11. The van der Waals surface area contributed by atoms with Crippen molar-refractivity contribution in [3.8, 4) is 0 Å². The Morgan fingerprint density at radius 2 is 2.06 bits per heavy atom. The average molecular weight is 252 g/mol. The van der Waals surface area contributed by atoms with Crippen molar-refractivity contribution < 1.29 is 5.11 Å². The molecule has 0 aliphatic rings. The quantitative estimate of drug-likeness (QED) is 0.660. The van der Waals surface area contributed by atoms with Crippen LogP contribution in [0, 0.1) is 0 Å². The largest absolute Gasteiger partial charge is 0.396 e. The second-order valence-corrected chi connectivity index (χ2v) is 4.46. The van der Waals surface area contributed by atoms with E-state index in [4.69, 9.17) is 5.11 Å². The lowest BCUT2D eigenvalue weighted by molar-refractivity contribution is 0.282. The van der Waals surface area contributed by atoms with Crippen molar-refractivity contribution >= 4 is 11.6 Å². The number of aromatic nitrogens is 2. The molecule has 0 amide bonds. The van der Waals surface area contributed by atoms with Crippen molar-refractivity contribution in [3.05, 3.63) is 11.9 Å². The van der Waals surface area contributed by atoms with E-state index in [0.717, 1.165) is 42.9 Å². The molecule has 0 fully saturated rings. The van der Waals surface area contributed by atoms with Gasteiger partial charge in [-0.25, -0.2) is 9.97 Å². The van der Waals surface area contributed by atoms with Gasteiger partial charge in [0.15, 0.2) is 0 Å². The Morgan fingerprint density at radius 3 is 2.67 bits per heavy atom. The molecule has 0 spiro atoms. The van der Waals surface area contributed by atoms with Crippen LogP contribution in [0.5, 0.6) is 0 Å². The highest BCUT2D eigenvalue weighted by Crippen LogP contribution is 2.22. The Morgan fingerprint density at radius 1 is 1.33 bits per heavy atom. The highest BCUT2D eigenvalue weighted by atomic mass is 16.2. The summed E-state index contributed by atoms with van der Waals surface area (Å²) in [5, 5.41) is 15.3. The van der Waals surface area contributed by atoms with Gasteiger partial charge in [-0.1, -0.05) is 13.3 Å². The number of aliphatic hydroxyl groups excluding tert-OH is 1. The van der Waals surface area contributed by atoms with Gasteiger partial charge in [0.25, 0.3) is 0 Å². The maximum Gasteiger partial charge on any atom is 0.134 e. The minimum Gasteiger partial charge on any atom is -0.396 e. The van der Waals surface area contributed by atoms with E-state index in [-0.39, 0.29) is 6.61 Å². The molecule has 0 aromatic carbocycles. The third-order valence-electron chi connectivity index (χ3n) is 2.86. The van der Waals surface area contributed by atoms with Crippen molar-refractivity contribution in [2.45, 2.75) is 45.6 Å². The summed E-state index contributed by atoms with van der Waals surface area (Å²) in [5.74, 6) is 1.80. The van der Waals surface area contributed by atoms with Gasteiger partial charge in [0.2, 0.25) is 0 Å². The van der Waals surface area contributed by atoms with Crippen LogP contribution in [0.3, 0.4) is 0 Å². The van der Waals surface area contributed by atoms with Crippen LogP contribution in [-0.4, -0.2) is 34.8 Å². The van der Waals surface area contributed by atoms with Gasteiger partial charge < -0.3 is 15.7 Å². The fourth-order valence-electron chi connectivity index (χ4n) is 1.94. The molecule has 0 bridgehead atoms. The summed E-state index contributed by atoms with van der Waals surface area (Å²) in [6.07, 6.45) is 5.32. The van der Waals surface area contributed by atoms with Crippen LogP contribution in [0.15, 0.2) is 6.33 Å². The first kappa shape index (κ1) is 14.7. The van der Waals surface area contributed by atoms with Crippen molar-refractivity contribution in [1.29, 1.82) is 0 Å². The monoisotopic (exact) mass is 252 g/mol. The number of anilines is 2. The Hall–Kier alpha value is -1.36. The van der Waals surface area contributed by atoms with Gasteiger partial charge >= 0.3 is 0 Å². The normalized spacial score (nSPS) is 12.2. The molecule has 0 radical (unpaired) electrons. The molecule has 0 saturated heterocycles. The fourth-order valence-corrected chi connectivity index (χ4v) is 1.94. The topological polar surface area (TPSA) is 70.1 Å². The van der Waals surface area contributed by atoms with Crippen LogP contribution in [0.4, 0.5) is 11.6 Å². The summed E-state index contributed by atoms with van der Waals surface area (Å²) in [5.41, 5.74) is 1.14. The highest BCUT2D eigenvalue weighted by molar-refractivity contribution is 5.57. The second-order valence-electron chi connectivity index (χ2n) is 4.46. The molecule has 1 unspecified atom stereocenters. The molecule has 5 nitrogen and oxygen atoms in total. The Bertz CT molecular complexity index is 357. The van der Waals surface area contributed by atoms with Gasteiger partial charge in [-0.05, 0) is 26.2 Å². The third-order valence-corrected chi connectivity index (χ3v) is 2.86. The lowest BCUT2D eigenvalue weighted by Gasteiger charge is -2.18. The Labute approximate surface area is 109 Å². The van der Waals surface area contributed by atoms with Crippen LogP contribution < -0.4 is 10.6 Å². The summed E-state index contributed by atoms with van der Waals surface area (Å²) < 4.78 is 0. The number of aliphatic hydroxyl groups is 1. The zero-order valence-electron chi connectivity index (χ0n) is 11.5. The Balaban J connectivity index is 2.79. The second kappa shape index (κ2) is 7.87. The lowest BCUT2D eigenvalue weighted by atomic mass is 10.1. The van der Waals surface area contributed by atoms with Crippen molar-refractivity contribution in [2.24, 2.45) is 0 Å². The van der Waals surface area contributed by atoms with Crippen LogP contribution in [0.2, 0.25) is 0 Å². The summed E-state index contributed by atoms with van der Waals surface area (Å²) in [6, 6.07) is 0.298. The number of rotatable bonds is 8. The summed E-state index contributed by atoms with van der Waals surface area (Å²) in [6.45, 7) is 4.48. The molecule has 0 aliphatic heterocycles. The van der Waals surface area contributed by atoms with E-state index in [2.05, 4.69) is 34.4 Å². The van der Waals surface area contributed by atoms with E-state index in [0.29, 0.717) is 6.04 Å². The molecule has 1 heterocycles. The summed E-state index contributed by atoms with van der Waals surface area (Å²) in [7, 11) is 1.88. The van der Waals surface area contributed by atoms with Gasteiger partial charge in [0.1, 0.15) is 18.0 Å². The van der Waals surface area contributed by atoms with E-state index < -0.39 is 0 Å². The van der Waals surface area contributed by atoms with Crippen molar-refractivity contribution in [3.63, 3.8) is 0 Å². The van der Waals surface area contributed by atoms with E-state index in [1.54, 1.807) is 6.33 Å². The molecule has 1 atom stereocenters. The number of hydrogen-bond donors (Lipinski definition) is 3. The van der Waals surface area contributed by atoms with Crippen LogP contribution in [-0.2, 0) is 6.42 Å².